The first-order valence-corrected chi connectivity index (χ1v) is 7.25. The van der Waals surface area contributed by atoms with E-state index in [4.69, 9.17) is 4.52 Å². The van der Waals surface area contributed by atoms with Crippen molar-refractivity contribution in [3.63, 3.8) is 0 Å². The van der Waals surface area contributed by atoms with Gasteiger partial charge in [-0.1, -0.05) is 35.5 Å². The fraction of sp³-hybridized carbons (Fsp3) is 0.118. The Balaban J connectivity index is 1.82. The summed E-state index contributed by atoms with van der Waals surface area (Å²) < 4.78 is 44.9. The van der Waals surface area contributed by atoms with Crippen molar-refractivity contribution in [2.24, 2.45) is 0 Å². The minimum absolute atomic E-state index is 0.0701. The van der Waals surface area contributed by atoms with Gasteiger partial charge in [-0.15, -0.1) is 0 Å². The Morgan fingerprint density at radius 1 is 1.12 bits per heavy atom. The van der Waals surface area contributed by atoms with Gasteiger partial charge < -0.3 is 9.84 Å². The molecule has 3 aromatic rings. The number of pyridine rings is 1. The van der Waals surface area contributed by atoms with Gasteiger partial charge in [0.25, 0.3) is 5.91 Å². The van der Waals surface area contributed by atoms with E-state index in [9.17, 15) is 18.0 Å². The van der Waals surface area contributed by atoms with Crippen molar-refractivity contribution in [3.05, 3.63) is 72.2 Å². The highest BCUT2D eigenvalue weighted by Crippen LogP contribution is 2.32. The van der Waals surface area contributed by atoms with Gasteiger partial charge >= 0.3 is 6.18 Å². The van der Waals surface area contributed by atoms with Crippen LogP contribution in [0.5, 0.6) is 0 Å². The molecule has 0 spiro atoms. The molecule has 3 rings (SSSR count). The molecule has 0 fully saturated rings. The maximum Gasteiger partial charge on any atom is 0.412 e. The minimum atomic E-state index is -4.65. The third kappa shape index (κ3) is 3.85. The van der Waals surface area contributed by atoms with Gasteiger partial charge in [-0.05, 0) is 17.7 Å². The van der Waals surface area contributed by atoms with Crippen molar-refractivity contribution in [3.8, 4) is 11.3 Å². The molecule has 0 bridgehead atoms. The molecule has 0 unspecified atom stereocenters. The van der Waals surface area contributed by atoms with Crippen LogP contribution in [0.4, 0.5) is 13.2 Å². The maximum absolute atomic E-state index is 13.3. The molecule has 2 heterocycles. The van der Waals surface area contributed by atoms with Gasteiger partial charge in [-0.3, -0.25) is 9.78 Å². The van der Waals surface area contributed by atoms with Crippen molar-refractivity contribution < 1.29 is 22.5 Å². The van der Waals surface area contributed by atoms with Crippen molar-refractivity contribution in [1.29, 1.82) is 0 Å². The predicted molar refractivity (Wildman–Crippen MR) is 82.4 cm³/mol. The number of rotatable bonds is 4. The van der Waals surface area contributed by atoms with E-state index in [1.807, 2.05) is 5.32 Å². The molecular formula is C17H12F3N3O2. The van der Waals surface area contributed by atoms with Crippen molar-refractivity contribution in [2.75, 3.05) is 0 Å². The molecule has 0 saturated heterocycles. The molecule has 1 atom stereocenters. The molecule has 0 aliphatic rings. The Hall–Kier alpha value is -3.16. The van der Waals surface area contributed by atoms with Gasteiger partial charge in [0.1, 0.15) is 0 Å². The van der Waals surface area contributed by atoms with Crippen LogP contribution in [0.1, 0.15) is 22.1 Å². The van der Waals surface area contributed by atoms with Crippen LogP contribution in [0, 0.1) is 0 Å². The van der Waals surface area contributed by atoms with Crippen LogP contribution in [0.15, 0.2) is 65.4 Å². The molecule has 0 aliphatic carbocycles. The van der Waals surface area contributed by atoms with Gasteiger partial charge in [0, 0.05) is 24.0 Å². The number of carbonyl (C=O) groups excluding carboxylic acids is 1. The lowest BCUT2D eigenvalue weighted by Crippen LogP contribution is -2.38. The van der Waals surface area contributed by atoms with Crippen molar-refractivity contribution in [1.82, 2.24) is 15.5 Å². The van der Waals surface area contributed by atoms with Gasteiger partial charge in [-0.2, -0.15) is 13.2 Å². The average molecular weight is 347 g/mol. The minimum Gasteiger partial charge on any atom is -0.355 e. The lowest BCUT2D eigenvalue weighted by Gasteiger charge is -2.21. The summed E-state index contributed by atoms with van der Waals surface area (Å²) in [4.78, 5) is 16.1. The molecule has 1 amide bonds. The summed E-state index contributed by atoms with van der Waals surface area (Å²) in [7, 11) is 0. The van der Waals surface area contributed by atoms with Crippen LogP contribution in [0.25, 0.3) is 11.3 Å². The number of halogens is 3. The molecule has 8 heteroatoms. The number of carbonyl (C=O) groups is 1. The Kier molecular flexibility index (Phi) is 4.51. The van der Waals surface area contributed by atoms with E-state index in [1.54, 1.807) is 24.4 Å². The number of alkyl halides is 3. The van der Waals surface area contributed by atoms with Gasteiger partial charge in [0.15, 0.2) is 17.5 Å². The Labute approximate surface area is 140 Å². The summed E-state index contributed by atoms with van der Waals surface area (Å²) in [6.07, 6.45) is -1.60. The highest BCUT2D eigenvalue weighted by Gasteiger charge is 2.42. The molecular weight excluding hydrogens is 335 g/mol. The van der Waals surface area contributed by atoms with E-state index in [0.717, 1.165) is 0 Å². The average Bonchev–Trinajstić information content (AvgIpc) is 3.10. The van der Waals surface area contributed by atoms with E-state index in [-0.39, 0.29) is 17.0 Å². The van der Waals surface area contributed by atoms with Crippen LogP contribution in [-0.4, -0.2) is 22.2 Å². The lowest BCUT2D eigenvalue weighted by molar-refractivity contribution is -0.155. The largest absolute Gasteiger partial charge is 0.412 e. The van der Waals surface area contributed by atoms with Crippen LogP contribution in [-0.2, 0) is 0 Å². The van der Waals surface area contributed by atoms with Crippen molar-refractivity contribution >= 4 is 5.91 Å². The summed E-state index contributed by atoms with van der Waals surface area (Å²) in [5.74, 6) is -0.744. The highest BCUT2D eigenvalue weighted by molar-refractivity contribution is 5.93. The molecule has 1 aromatic carbocycles. The molecule has 2 aromatic heterocycles. The zero-order chi connectivity index (χ0) is 17.9. The number of amides is 1. The maximum atomic E-state index is 13.3. The zero-order valence-corrected chi connectivity index (χ0v) is 12.7. The fourth-order valence-electron chi connectivity index (χ4n) is 2.23. The summed E-state index contributed by atoms with van der Waals surface area (Å²) >= 11 is 0. The fourth-order valence-corrected chi connectivity index (χ4v) is 2.23. The third-order valence-corrected chi connectivity index (χ3v) is 3.42. The molecule has 0 saturated carbocycles. The second-order valence-corrected chi connectivity index (χ2v) is 5.18. The first-order valence-electron chi connectivity index (χ1n) is 7.25. The standard InChI is InChI=1S/C17H12F3N3O2/c18-17(19,20)15(11-5-2-1-3-6-11)22-16(24)13-9-14(25-23-13)12-7-4-8-21-10-12/h1-10,15H,(H,22,24)/t15-/m1/s1. The van der Waals surface area contributed by atoms with E-state index < -0.39 is 18.1 Å². The van der Waals surface area contributed by atoms with Gasteiger partial charge in [0.2, 0.25) is 0 Å². The number of aromatic nitrogens is 2. The molecule has 128 valence electrons. The van der Waals surface area contributed by atoms with Crippen LogP contribution < -0.4 is 5.32 Å². The van der Waals surface area contributed by atoms with E-state index in [1.165, 1.54) is 36.5 Å². The molecule has 0 aliphatic heterocycles. The number of benzene rings is 1. The van der Waals surface area contributed by atoms with Gasteiger partial charge in [0.05, 0.1) is 0 Å². The Morgan fingerprint density at radius 3 is 2.52 bits per heavy atom. The zero-order valence-electron chi connectivity index (χ0n) is 12.7. The molecule has 0 radical (unpaired) electrons. The number of nitrogens with zero attached hydrogens (tertiary/aromatic N) is 2. The van der Waals surface area contributed by atoms with Crippen LogP contribution in [0.3, 0.4) is 0 Å². The quantitative estimate of drug-likeness (QED) is 0.780. The van der Waals surface area contributed by atoms with E-state index in [0.29, 0.717) is 5.56 Å². The normalized spacial score (nSPS) is 12.6. The van der Waals surface area contributed by atoms with E-state index in [2.05, 4.69) is 10.1 Å². The summed E-state index contributed by atoms with van der Waals surface area (Å²) in [5, 5.41) is 5.49. The highest BCUT2D eigenvalue weighted by atomic mass is 19.4. The lowest BCUT2D eigenvalue weighted by atomic mass is 10.1. The van der Waals surface area contributed by atoms with Crippen LogP contribution >= 0.6 is 0 Å². The summed E-state index contributed by atoms with van der Waals surface area (Å²) in [6.45, 7) is 0. The molecule has 25 heavy (non-hydrogen) atoms. The SMILES string of the molecule is O=C(N[C@H](c1ccccc1)C(F)(F)F)c1cc(-c2cccnc2)on1. The smallest absolute Gasteiger partial charge is 0.355 e. The number of nitrogens with one attached hydrogen (secondary N) is 1. The van der Waals surface area contributed by atoms with Crippen molar-refractivity contribution in [2.45, 2.75) is 12.2 Å². The summed E-state index contributed by atoms with van der Waals surface area (Å²) in [5.41, 5.74) is 0.243. The topological polar surface area (TPSA) is 68.0 Å². The predicted octanol–water partition coefficient (Wildman–Crippen LogP) is 3.77. The first-order chi connectivity index (χ1) is 11.9. The summed E-state index contributed by atoms with van der Waals surface area (Å²) in [6, 6.07) is 9.59. The monoisotopic (exact) mass is 347 g/mol. The molecule has 5 nitrogen and oxygen atoms in total. The number of hydrogen-bond acceptors (Lipinski definition) is 4. The second kappa shape index (κ2) is 6.76. The van der Waals surface area contributed by atoms with Gasteiger partial charge in [-0.25, -0.2) is 0 Å². The molecule has 1 N–H and O–H groups in total. The van der Waals surface area contributed by atoms with E-state index >= 15 is 0 Å². The second-order valence-electron chi connectivity index (χ2n) is 5.18. The Morgan fingerprint density at radius 2 is 1.88 bits per heavy atom. The third-order valence-electron chi connectivity index (χ3n) is 3.42. The Bertz CT molecular complexity index is 848. The first kappa shape index (κ1) is 16.7. The van der Waals surface area contributed by atoms with Crippen LogP contribution in [0.2, 0.25) is 0 Å². The number of hydrogen-bond donors (Lipinski definition) is 1.